The lowest BCUT2D eigenvalue weighted by atomic mass is 9.95. The van der Waals surface area contributed by atoms with Crippen molar-refractivity contribution in [2.45, 2.75) is 13.8 Å². The van der Waals surface area contributed by atoms with Gasteiger partial charge in [0.05, 0.1) is 0 Å². The van der Waals surface area contributed by atoms with Crippen molar-refractivity contribution in [3.8, 4) is 0 Å². The lowest BCUT2D eigenvalue weighted by molar-refractivity contribution is 0.672. The van der Waals surface area contributed by atoms with Gasteiger partial charge in [-0.15, -0.1) is 11.3 Å². The third kappa shape index (κ3) is 1.70. The number of hydrogen-bond donors (Lipinski definition) is 0. The van der Waals surface area contributed by atoms with Crippen LogP contribution in [0, 0.1) is 13.8 Å². The van der Waals surface area contributed by atoms with Crippen molar-refractivity contribution in [2.75, 3.05) is 0 Å². The monoisotopic (exact) mass is 352 g/mol. The van der Waals surface area contributed by atoms with Gasteiger partial charge in [-0.1, -0.05) is 36.4 Å². The second-order valence-electron chi connectivity index (χ2n) is 7.09. The van der Waals surface area contributed by atoms with Crippen LogP contribution in [0.25, 0.3) is 52.9 Å². The van der Waals surface area contributed by atoms with E-state index in [1.165, 1.54) is 52.8 Å². The van der Waals surface area contributed by atoms with Gasteiger partial charge < -0.3 is 4.42 Å². The summed E-state index contributed by atoms with van der Waals surface area (Å²) in [5.74, 6) is 0. The first-order valence-electron chi connectivity index (χ1n) is 8.88. The molecular weight excluding hydrogens is 336 g/mol. The van der Waals surface area contributed by atoms with Crippen molar-refractivity contribution in [3.05, 3.63) is 71.8 Å². The smallest absolute Gasteiger partial charge is 0.143 e. The Balaban J connectivity index is 1.94. The van der Waals surface area contributed by atoms with E-state index in [0.29, 0.717) is 0 Å². The fraction of sp³-hybridized carbons (Fsp3) is 0.0833. The highest BCUT2D eigenvalue weighted by molar-refractivity contribution is 7.26. The zero-order valence-corrected chi connectivity index (χ0v) is 15.4. The molecule has 0 aliphatic rings. The molecule has 1 nitrogen and oxygen atoms in total. The third-order valence-corrected chi connectivity index (χ3v) is 6.69. The minimum absolute atomic E-state index is 0.963. The van der Waals surface area contributed by atoms with Crippen LogP contribution >= 0.6 is 11.3 Å². The first-order chi connectivity index (χ1) is 12.7. The second kappa shape index (κ2) is 4.87. The summed E-state index contributed by atoms with van der Waals surface area (Å²) >= 11 is 1.89. The average Bonchev–Trinajstić information content (AvgIpc) is 3.20. The normalized spacial score (nSPS) is 12.2. The highest BCUT2D eigenvalue weighted by atomic mass is 32.1. The molecule has 26 heavy (non-hydrogen) atoms. The number of hydrogen-bond acceptors (Lipinski definition) is 2. The second-order valence-corrected chi connectivity index (χ2v) is 8.14. The Hall–Kier alpha value is -2.84. The largest absolute Gasteiger partial charge is 0.455 e. The van der Waals surface area contributed by atoms with E-state index in [4.69, 9.17) is 4.42 Å². The summed E-state index contributed by atoms with van der Waals surface area (Å²) in [5.41, 5.74) is 4.58. The van der Waals surface area contributed by atoms with Crippen molar-refractivity contribution in [3.63, 3.8) is 0 Å². The van der Waals surface area contributed by atoms with Crippen LogP contribution in [0.1, 0.15) is 11.1 Å². The lowest BCUT2D eigenvalue weighted by Gasteiger charge is -2.08. The van der Waals surface area contributed by atoms with Gasteiger partial charge in [0.2, 0.25) is 0 Å². The van der Waals surface area contributed by atoms with Gasteiger partial charge in [0, 0.05) is 41.7 Å². The summed E-state index contributed by atoms with van der Waals surface area (Å²) < 4.78 is 9.04. The Morgan fingerprint density at radius 1 is 0.692 bits per heavy atom. The van der Waals surface area contributed by atoms with Gasteiger partial charge in [0.15, 0.2) is 0 Å². The zero-order chi connectivity index (χ0) is 17.4. The molecule has 0 saturated carbocycles. The summed E-state index contributed by atoms with van der Waals surface area (Å²) in [4.78, 5) is 0. The van der Waals surface area contributed by atoms with Crippen molar-refractivity contribution in [1.29, 1.82) is 0 Å². The molecule has 0 bridgehead atoms. The number of fused-ring (bicyclic) bond motifs is 9. The van der Waals surface area contributed by atoms with E-state index >= 15 is 0 Å². The zero-order valence-electron chi connectivity index (χ0n) is 14.6. The quantitative estimate of drug-likeness (QED) is 0.273. The molecule has 0 amide bonds. The summed E-state index contributed by atoms with van der Waals surface area (Å²) in [5, 5.41) is 7.72. The Morgan fingerprint density at radius 2 is 1.38 bits per heavy atom. The Kier molecular flexibility index (Phi) is 2.68. The van der Waals surface area contributed by atoms with Crippen LogP contribution in [-0.4, -0.2) is 0 Å². The Bertz CT molecular complexity index is 1380. The van der Waals surface area contributed by atoms with Gasteiger partial charge in [-0.25, -0.2) is 0 Å². The fourth-order valence-corrected chi connectivity index (χ4v) is 5.64. The molecule has 0 aliphatic heterocycles. The summed E-state index contributed by atoms with van der Waals surface area (Å²) in [6, 6.07) is 21.7. The number of thiophene rings is 1. The molecule has 0 atom stereocenters. The molecule has 2 heteroatoms. The van der Waals surface area contributed by atoms with E-state index in [0.717, 1.165) is 11.2 Å². The van der Waals surface area contributed by atoms with Gasteiger partial charge in [0.25, 0.3) is 0 Å². The molecule has 0 spiro atoms. The van der Waals surface area contributed by atoms with E-state index in [1.807, 2.05) is 17.4 Å². The predicted octanol–water partition coefficient (Wildman–Crippen LogP) is 7.72. The molecule has 6 aromatic rings. The average molecular weight is 352 g/mol. The van der Waals surface area contributed by atoms with Crippen LogP contribution < -0.4 is 0 Å². The molecule has 0 N–H and O–H groups in total. The maximum atomic E-state index is 6.33. The van der Waals surface area contributed by atoms with E-state index in [9.17, 15) is 0 Å². The Labute approximate surface area is 154 Å². The predicted molar refractivity (Wildman–Crippen MR) is 114 cm³/mol. The Morgan fingerprint density at radius 3 is 2.27 bits per heavy atom. The first kappa shape index (κ1) is 14.3. The molecule has 124 valence electrons. The number of furan rings is 1. The van der Waals surface area contributed by atoms with Crippen LogP contribution in [0.2, 0.25) is 0 Å². The van der Waals surface area contributed by atoms with Crippen molar-refractivity contribution in [1.82, 2.24) is 0 Å². The van der Waals surface area contributed by atoms with Gasteiger partial charge in [-0.2, -0.15) is 0 Å². The molecule has 4 aromatic carbocycles. The van der Waals surface area contributed by atoms with Crippen molar-refractivity contribution >= 4 is 64.2 Å². The molecule has 0 saturated heterocycles. The van der Waals surface area contributed by atoms with Gasteiger partial charge >= 0.3 is 0 Å². The molecule has 2 heterocycles. The van der Waals surface area contributed by atoms with E-state index in [1.54, 1.807) is 0 Å². The molecule has 0 fully saturated rings. The van der Waals surface area contributed by atoms with Crippen LogP contribution in [0.5, 0.6) is 0 Å². The van der Waals surface area contributed by atoms with Gasteiger partial charge in [-0.05, 0) is 49.2 Å². The molecule has 0 aliphatic carbocycles. The molecule has 0 radical (unpaired) electrons. The van der Waals surface area contributed by atoms with Crippen molar-refractivity contribution in [2.24, 2.45) is 0 Å². The summed E-state index contributed by atoms with van der Waals surface area (Å²) in [6.45, 7) is 4.44. The van der Waals surface area contributed by atoms with E-state index < -0.39 is 0 Å². The third-order valence-electron chi connectivity index (χ3n) is 5.48. The number of rotatable bonds is 0. The SMILES string of the molecule is Cc1cc2c3ccccc3sc2c2c(C)cc3c4ccccc4oc3c12. The van der Waals surface area contributed by atoms with Crippen LogP contribution in [0.15, 0.2) is 65.1 Å². The number of benzene rings is 4. The van der Waals surface area contributed by atoms with Gasteiger partial charge in [0.1, 0.15) is 11.2 Å². The molecule has 6 rings (SSSR count). The van der Waals surface area contributed by atoms with Gasteiger partial charge in [-0.3, -0.25) is 0 Å². The maximum absolute atomic E-state index is 6.33. The standard InChI is InChI=1S/C24H16OS/c1-13-12-18-16-8-4-6-10-20(16)26-24(18)22-14(2)11-17-15-7-3-5-9-19(15)25-23(17)21(13)22/h3-12H,1-2H3. The number of para-hydroxylation sites is 1. The highest BCUT2D eigenvalue weighted by Gasteiger charge is 2.18. The number of aryl methyl sites for hydroxylation is 2. The van der Waals surface area contributed by atoms with E-state index in [-0.39, 0.29) is 0 Å². The summed E-state index contributed by atoms with van der Waals surface area (Å²) in [7, 11) is 0. The minimum atomic E-state index is 0.963. The van der Waals surface area contributed by atoms with Crippen LogP contribution in [0.3, 0.4) is 0 Å². The first-order valence-corrected chi connectivity index (χ1v) is 9.69. The van der Waals surface area contributed by atoms with Crippen LogP contribution in [-0.2, 0) is 0 Å². The summed E-state index contributed by atoms with van der Waals surface area (Å²) in [6.07, 6.45) is 0. The maximum Gasteiger partial charge on any atom is 0.143 e. The fourth-order valence-electron chi connectivity index (χ4n) is 4.35. The van der Waals surface area contributed by atoms with Crippen LogP contribution in [0.4, 0.5) is 0 Å². The lowest BCUT2D eigenvalue weighted by Crippen LogP contribution is -1.85. The topological polar surface area (TPSA) is 13.1 Å². The molecular formula is C24H16OS. The van der Waals surface area contributed by atoms with E-state index in [2.05, 4.69) is 68.4 Å². The molecule has 2 aromatic heterocycles. The minimum Gasteiger partial charge on any atom is -0.455 e. The van der Waals surface area contributed by atoms with Crippen molar-refractivity contribution < 1.29 is 4.42 Å². The molecule has 0 unspecified atom stereocenters. The highest BCUT2D eigenvalue weighted by Crippen LogP contribution is 2.44.